The molecule has 0 heterocycles. The standard InChI is InChI=1S/C10H11NO3/c1-7(12)10(11-13)8-3-5-9(14-2)6-4-8/h3-6,10H,1-2H3. The van der Waals surface area contributed by atoms with Gasteiger partial charge in [-0.3, -0.25) is 4.79 Å². The molecule has 0 fully saturated rings. The molecule has 0 bridgehead atoms. The largest absolute Gasteiger partial charge is 0.497 e. The Bertz CT molecular complexity index is 332. The third kappa shape index (κ3) is 2.16. The predicted molar refractivity (Wildman–Crippen MR) is 52.2 cm³/mol. The molecular weight excluding hydrogens is 182 g/mol. The highest BCUT2D eigenvalue weighted by Crippen LogP contribution is 2.20. The Kier molecular flexibility index (Phi) is 3.34. The highest BCUT2D eigenvalue weighted by atomic mass is 16.5. The molecule has 4 heteroatoms. The lowest BCUT2D eigenvalue weighted by molar-refractivity contribution is -0.118. The molecule has 0 saturated heterocycles. The summed E-state index contributed by atoms with van der Waals surface area (Å²) in [6.45, 7) is 1.34. The van der Waals surface area contributed by atoms with Gasteiger partial charge in [0, 0.05) is 0 Å². The number of nitrogens with zero attached hydrogens (tertiary/aromatic N) is 1. The summed E-state index contributed by atoms with van der Waals surface area (Å²) in [6.07, 6.45) is 0. The minimum absolute atomic E-state index is 0.259. The van der Waals surface area contributed by atoms with Gasteiger partial charge in [-0.1, -0.05) is 17.3 Å². The average Bonchev–Trinajstić information content (AvgIpc) is 2.19. The van der Waals surface area contributed by atoms with Crippen LogP contribution in [0.3, 0.4) is 0 Å². The molecule has 1 atom stereocenters. The zero-order valence-corrected chi connectivity index (χ0v) is 8.06. The fourth-order valence-corrected chi connectivity index (χ4v) is 1.16. The number of carbonyl (C=O) groups excluding carboxylic acids is 1. The first-order valence-electron chi connectivity index (χ1n) is 4.16. The van der Waals surface area contributed by atoms with E-state index in [0.29, 0.717) is 11.3 Å². The molecule has 1 aromatic carbocycles. The van der Waals surface area contributed by atoms with Crippen molar-refractivity contribution in [2.24, 2.45) is 5.18 Å². The fourth-order valence-electron chi connectivity index (χ4n) is 1.16. The van der Waals surface area contributed by atoms with E-state index in [-0.39, 0.29) is 5.78 Å². The van der Waals surface area contributed by atoms with Crippen LogP contribution in [0.4, 0.5) is 0 Å². The molecule has 1 rings (SSSR count). The number of hydrogen-bond acceptors (Lipinski definition) is 4. The van der Waals surface area contributed by atoms with Crippen molar-refractivity contribution >= 4 is 5.78 Å². The summed E-state index contributed by atoms with van der Waals surface area (Å²) >= 11 is 0. The van der Waals surface area contributed by atoms with Crippen molar-refractivity contribution in [3.63, 3.8) is 0 Å². The molecule has 0 aliphatic heterocycles. The molecule has 1 aromatic rings. The van der Waals surface area contributed by atoms with Crippen LogP contribution in [0.1, 0.15) is 18.5 Å². The van der Waals surface area contributed by atoms with Crippen molar-refractivity contribution in [3.05, 3.63) is 34.7 Å². The van der Waals surface area contributed by atoms with Crippen LogP contribution in [-0.2, 0) is 4.79 Å². The summed E-state index contributed by atoms with van der Waals surface area (Å²) < 4.78 is 4.95. The van der Waals surface area contributed by atoms with Gasteiger partial charge in [0.05, 0.1) is 7.11 Å². The first-order valence-corrected chi connectivity index (χ1v) is 4.16. The van der Waals surface area contributed by atoms with Gasteiger partial charge in [0.2, 0.25) is 0 Å². The number of ketones is 1. The van der Waals surface area contributed by atoms with Crippen molar-refractivity contribution < 1.29 is 9.53 Å². The van der Waals surface area contributed by atoms with Gasteiger partial charge in [0.1, 0.15) is 5.75 Å². The fraction of sp³-hybridized carbons (Fsp3) is 0.300. The number of ether oxygens (including phenoxy) is 1. The highest BCUT2D eigenvalue weighted by Gasteiger charge is 2.16. The Morgan fingerprint density at radius 2 is 1.93 bits per heavy atom. The number of rotatable bonds is 4. The Hall–Kier alpha value is -1.71. The molecule has 74 valence electrons. The molecule has 0 saturated carbocycles. The average molecular weight is 193 g/mol. The normalized spacial score (nSPS) is 11.9. The Balaban J connectivity index is 2.94. The van der Waals surface area contributed by atoms with E-state index in [0.717, 1.165) is 0 Å². The van der Waals surface area contributed by atoms with E-state index >= 15 is 0 Å². The van der Waals surface area contributed by atoms with Gasteiger partial charge in [0.25, 0.3) is 0 Å². The molecule has 4 nitrogen and oxygen atoms in total. The van der Waals surface area contributed by atoms with E-state index in [2.05, 4.69) is 5.18 Å². The summed E-state index contributed by atoms with van der Waals surface area (Å²) in [5.41, 5.74) is 0.591. The van der Waals surface area contributed by atoms with Crippen LogP contribution in [0.2, 0.25) is 0 Å². The molecular formula is C10H11NO3. The van der Waals surface area contributed by atoms with Crippen LogP contribution >= 0.6 is 0 Å². The van der Waals surface area contributed by atoms with E-state index < -0.39 is 6.04 Å². The number of hydrogen-bond donors (Lipinski definition) is 0. The lowest BCUT2D eigenvalue weighted by Crippen LogP contribution is -2.05. The number of benzene rings is 1. The van der Waals surface area contributed by atoms with Gasteiger partial charge < -0.3 is 4.74 Å². The summed E-state index contributed by atoms with van der Waals surface area (Å²) in [5.74, 6) is 0.423. The number of carbonyl (C=O) groups is 1. The molecule has 0 amide bonds. The van der Waals surface area contributed by atoms with Crippen molar-refractivity contribution in [2.45, 2.75) is 13.0 Å². The van der Waals surface area contributed by atoms with Crippen molar-refractivity contribution in [1.29, 1.82) is 0 Å². The van der Waals surface area contributed by atoms with Gasteiger partial charge in [-0.15, -0.1) is 4.91 Å². The lowest BCUT2D eigenvalue weighted by atomic mass is 10.0. The van der Waals surface area contributed by atoms with Crippen LogP contribution in [0.25, 0.3) is 0 Å². The second-order valence-electron chi connectivity index (χ2n) is 2.89. The van der Waals surface area contributed by atoms with Crippen LogP contribution < -0.4 is 4.74 Å². The maximum absolute atomic E-state index is 11.0. The lowest BCUT2D eigenvalue weighted by Gasteiger charge is -2.06. The number of nitroso groups, excluding NO2 is 1. The van der Waals surface area contributed by atoms with E-state index in [1.807, 2.05) is 0 Å². The van der Waals surface area contributed by atoms with Gasteiger partial charge in [-0.2, -0.15) is 0 Å². The summed E-state index contributed by atoms with van der Waals surface area (Å²) in [7, 11) is 1.55. The second kappa shape index (κ2) is 4.50. The summed E-state index contributed by atoms with van der Waals surface area (Å²) in [5, 5.41) is 2.77. The van der Waals surface area contributed by atoms with Crippen LogP contribution in [0.15, 0.2) is 29.4 Å². The van der Waals surface area contributed by atoms with Gasteiger partial charge >= 0.3 is 0 Å². The summed E-state index contributed by atoms with van der Waals surface area (Å²) in [6, 6.07) is 5.80. The van der Waals surface area contributed by atoms with E-state index in [1.54, 1.807) is 31.4 Å². The molecule has 0 aliphatic rings. The van der Waals surface area contributed by atoms with E-state index in [9.17, 15) is 9.70 Å². The minimum Gasteiger partial charge on any atom is -0.497 e. The zero-order valence-electron chi connectivity index (χ0n) is 8.06. The van der Waals surface area contributed by atoms with Crippen LogP contribution in [0, 0.1) is 4.91 Å². The Morgan fingerprint density at radius 1 is 1.36 bits per heavy atom. The Labute approximate surface area is 81.9 Å². The zero-order chi connectivity index (χ0) is 10.6. The second-order valence-corrected chi connectivity index (χ2v) is 2.89. The minimum atomic E-state index is -0.902. The van der Waals surface area contributed by atoms with Gasteiger partial charge in [-0.25, -0.2) is 0 Å². The molecule has 0 aromatic heterocycles. The third-order valence-electron chi connectivity index (χ3n) is 1.92. The first kappa shape index (κ1) is 10.4. The van der Waals surface area contributed by atoms with Gasteiger partial charge in [-0.05, 0) is 24.6 Å². The molecule has 0 aliphatic carbocycles. The number of methoxy groups -OCH3 is 1. The highest BCUT2D eigenvalue weighted by molar-refractivity contribution is 5.83. The third-order valence-corrected chi connectivity index (χ3v) is 1.92. The quantitative estimate of drug-likeness (QED) is 0.688. The maximum Gasteiger partial charge on any atom is 0.175 e. The Morgan fingerprint density at radius 3 is 2.29 bits per heavy atom. The SMILES string of the molecule is COc1ccc(C(N=O)C(C)=O)cc1. The summed E-state index contributed by atoms with van der Waals surface area (Å²) in [4.78, 5) is 21.4. The topological polar surface area (TPSA) is 55.7 Å². The molecule has 1 unspecified atom stereocenters. The first-order chi connectivity index (χ1) is 6.69. The molecule has 14 heavy (non-hydrogen) atoms. The van der Waals surface area contributed by atoms with E-state index in [4.69, 9.17) is 4.74 Å². The molecule has 0 radical (unpaired) electrons. The smallest absolute Gasteiger partial charge is 0.175 e. The predicted octanol–water partition coefficient (Wildman–Crippen LogP) is 2.09. The monoisotopic (exact) mass is 193 g/mol. The van der Waals surface area contributed by atoms with Crippen LogP contribution in [0.5, 0.6) is 5.75 Å². The van der Waals surface area contributed by atoms with Crippen molar-refractivity contribution in [3.8, 4) is 5.75 Å². The van der Waals surface area contributed by atoms with Crippen molar-refractivity contribution in [2.75, 3.05) is 7.11 Å². The van der Waals surface area contributed by atoms with Gasteiger partial charge in [0.15, 0.2) is 11.8 Å². The van der Waals surface area contributed by atoms with E-state index in [1.165, 1.54) is 6.92 Å². The molecule has 0 spiro atoms. The molecule has 0 N–H and O–H groups in total. The van der Waals surface area contributed by atoms with Crippen LogP contribution in [-0.4, -0.2) is 12.9 Å². The maximum atomic E-state index is 11.0. The number of Topliss-reactive ketones (excluding diaryl/α,β-unsaturated/α-hetero) is 1. The van der Waals surface area contributed by atoms with Crippen molar-refractivity contribution in [1.82, 2.24) is 0 Å².